The molecule has 1 atom stereocenters. The van der Waals surface area contributed by atoms with Crippen LogP contribution in [0.1, 0.15) is 42.4 Å². The molecule has 1 unspecified atom stereocenters. The molecule has 0 heterocycles. The van der Waals surface area contributed by atoms with Gasteiger partial charge in [-0.2, -0.15) is 13.2 Å². The van der Waals surface area contributed by atoms with Crippen molar-refractivity contribution in [2.75, 3.05) is 13.2 Å². The maximum Gasteiger partial charge on any atom is 0.411 e. The van der Waals surface area contributed by atoms with Gasteiger partial charge in [0.05, 0.1) is 6.61 Å². The molecule has 1 aromatic carbocycles. The zero-order valence-electron chi connectivity index (χ0n) is 10.5. The molecule has 2 nitrogen and oxygen atoms in total. The third-order valence-electron chi connectivity index (χ3n) is 3.41. The Balaban J connectivity index is 1.89. The molecule has 0 bridgehead atoms. The quantitative estimate of drug-likeness (QED) is 0.889. The lowest BCUT2D eigenvalue weighted by molar-refractivity contribution is -0.179. The summed E-state index contributed by atoms with van der Waals surface area (Å²) in [6, 6.07) is 7.40. The molecule has 2 rings (SSSR count). The minimum absolute atomic E-state index is 0.340. The van der Waals surface area contributed by atoms with Gasteiger partial charge < -0.3 is 9.84 Å². The third kappa shape index (κ3) is 4.21. The molecule has 106 valence electrons. The number of halogens is 3. The second-order valence-corrected chi connectivity index (χ2v) is 4.94. The number of aliphatic hydroxyl groups is 1. The molecule has 1 N–H and O–H groups in total. The Bertz CT molecular complexity index is 413. The van der Waals surface area contributed by atoms with Gasteiger partial charge in [0, 0.05) is 0 Å². The fourth-order valence-corrected chi connectivity index (χ4v) is 2.14. The van der Waals surface area contributed by atoms with Crippen molar-refractivity contribution >= 4 is 0 Å². The van der Waals surface area contributed by atoms with Gasteiger partial charge in [0.1, 0.15) is 12.7 Å². The van der Waals surface area contributed by atoms with Crippen LogP contribution in [-0.2, 0) is 4.74 Å². The molecule has 0 aromatic heterocycles. The second kappa shape index (κ2) is 5.92. The Morgan fingerprint density at radius 1 is 1.32 bits per heavy atom. The highest BCUT2D eigenvalue weighted by Gasteiger charge is 2.28. The van der Waals surface area contributed by atoms with Crippen molar-refractivity contribution in [2.45, 2.75) is 37.5 Å². The molecule has 1 aliphatic carbocycles. The average Bonchev–Trinajstić information content (AvgIpc) is 2.25. The number of alkyl halides is 3. The summed E-state index contributed by atoms with van der Waals surface area (Å²) in [5, 5.41) is 9.82. The summed E-state index contributed by atoms with van der Waals surface area (Å²) in [6.45, 7) is -1.67. The molecule has 5 heteroatoms. The van der Waals surface area contributed by atoms with Crippen molar-refractivity contribution in [1.29, 1.82) is 0 Å². The first-order valence-electron chi connectivity index (χ1n) is 6.38. The van der Waals surface area contributed by atoms with Gasteiger partial charge in [-0.3, -0.25) is 0 Å². The molecule has 0 radical (unpaired) electrons. The van der Waals surface area contributed by atoms with Gasteiger partial charge in [-0.25, -0.2) is 0 Å². The van der Waals surface area contributed by atoms with Crippen LogP contribution in [0, 0.1) is 0 Å². The molecule has 0 amide bonds. The van der Waals surface area contributed by atoms with Gasteiger partial charge in [-0.1, -0.05) is 30.7 Å². The van der Waals surface area contributed by atoms with Crippen LogP contribution in [0.5, 0.6) is 0 Å². The Morgan fingerprint density at radius 3 is 2.63 bits per heavy atom. The van der Waals surface area contributed by atoms with Gasteiger partial charge in [-0.05, 0) is 29.9 Å². The van der Waals surface area contributed by atoms with Crippen molar-refractivity contribution < 1.29 is 23.0 Å². The van der Waals surface area contributed by atoms with Crippen LogP contribution in [0.25, 0.3) is 0 Å². The lowest BCUT2D eigenvalue weighted by Crippen LogP contribution is -2.19. The molecule has 0 saturated heterocycles. The Morgan fingerprint density at radius 2 is 2.05 bits per heavy atom. The highest BCUT2D eigenvalue weighted by atomic mass is 19.4. The zero-order chi connectivity index (χ0) is 13.9. The van der Waals surface area contributed by atoms with Gasteiger partial charge >= 0.3 is 6.18 Å². The molecular formula is C14H17F3O2. The largest absolute Gasteiger partial charge is 0.411 e. The minimum atomic E-state index is -4.35. The Kier molecular flexibility index (Phi) is 4.47. The van der Waals surface area contributed by atoms with E-state index in [0.29, 0.717) is 11.5 Å². The monoisotopic (exact) mass is 274 g/mol. The number of benzene rings is 1. The first kappa shape index (κ1) is 14.3. The standard InChI is InChI=1S/C14H17F3O2/c15-14(16,17)9-19-8-13(18)12-6-2-5-11(7-12)10-3-1-4-10/h2,5-7,10,13,18H,1,3-4,8-9H2. The van der Waals surface area contributed by atoms with E-state index in [1.54, 1.807) is 6.07 Å². The number of hydrogen-bond donors (Lipinski definition) is 1. The van der Waals surface area contributed by atoms with Crippen LogP contribution >= 0.6 is 0 Å². The lowest BCUT2D eigenvalue weighted by Gasteiger charge is -2.26. The summed E-state index contributed by atoms with van der Waals surface area (Å²) < 4.78 is 40.3. The van der Waals surface area contributed by atoms with E-state index in [0.717, 1.165) is 18.4 Å². The van der Waals surface area contributed by atoms with Crippen molar-refractivity contribution in [2.24, 2.45) is 0 Å². The molecular weight excluding hydrogens is 257 g/mol. The van der Waals surface area contributed by atoms with Crippen LogP contribution in [0.3, 0.4) is 0 Å². The molecule has 1 fully saturated rings. The molecule has 1 aromatic rings. The zero-order valence-corrected chi connectivity index (χ0v) is 10.5. The maximum absolute atomic E-state index is 11.9. The van der Waals surface area contributed by atoms with Crippen molar-refractivity contribution in [3.05, 3.63) is 35.4 Å². The van der Waals surface area contributed by atoms with E-state index in [4.69, 9.17) is 0 Å². The summed E-state index contributed by atoms with van der Waals surface area (Å²) in [5.74, 6) is 0.531. The van der Waals surface area contributed by atoms with Crippen molar-refractivity contribution in [1.82, 2.24) is 0 Å². The van der Waals surface area contributed by atoms with Crippen LogP contribution in [0.15, 0.2) is 24.3 Å². The summed E-state index contributed by atoms with van der Waals surface area (Å²) in [4.78, 5) is 0. The lowest BCUT2D eigenvalue weighted by atomic mass is 9.79. The van der Waals surface area contributed by atoms with Crippen LogP contribution in [-0.4, -0.2) is 24.5 Å². The van der Waals surface area contributed by atoms with E-state index in [-0.39, 0.29) is 6.61 Å². The SMILES string of the molecule is OC(COCC(F)(F)F)c1cccc(C2CCC2)c1. The summed E-state index contributed by atoms with van der Waals surface area (Å²) in [6.07, 6.45) is -1.86. The van der Waals surface area contributed by atoms with Gasteiger partial charge in [0.15, 0.2) is 0 Å². The van der Waals surface area contributed by atoms with E-state index < -0.39 is 18.9 Å². The predicted octanol–water partition coefficient (Wildman–Crippen LogP) is 3.57. The average molecular weight is 274 g/mol. The summed E-state index contributed by atoms with van der Waals surface area (Å²) >= 11 is 0. The highest BCUT2D eigenvalue weighted by molar-refractivity contribution is 5.29. The number of hydrogen-bond acceptors (Lipinski definition) is 2. The topological polar surface area (TPSA) is 29.5 Å². The smallest absolute Gasteiger partial charge is 0.386 e. The first-order chi connectivity index (χ1) is 8.96. The van der Waals surface area contributed by atoms with E-state index in [2.05, 4.69) is 4.74 Å². The maximum atomic E-state index is 11.9. The predicted molar refractivity (Wildman–Crippen MR) is 64.9 cm³/mol. The van der Waals surface area contributed by atoms with Crippen LogP contribution < -0.4 is 0 Å². The van der Waals surface area contributed by atoms with Gasteiger partial charge in [0.2, 0.25) is 0 Å². The second-order valence-electron chi connectivity index (χ2n) is 4.94. The van der Waals surface area contributed by atoms with Crippen LogP contribution in [0.2, 0.25) is 0 Å². The van der Waals surface area contributed by atoms with E-state index in [1.807, 2.05) is 18.2 Å². The normalized spacial score (nSPS) is 18.1. The fraction of sp³-hybridized carbons (Fsp3) is 0.571. The molecule has 1 aliphatic rings. The fourth-order valence-electron chi connectivity index (χ4n) is 2.14. The molecule has 19 heavy (non-hydrogen) atoms. The molecule has 0 spiro atoms. The van der Waals surface area contributed by atoms with E-state index in [1.165, 1.54) is 6.42 Å². The third-order valence-corrected chi connectivity index (χ3v) is 3.41. The minimum Gasteiger partial charge on any atom is -0.386 e. The van der Waals surface area contributed by atoms with Crippen molar-refractivity contribution in [3.63, 3.8) is 0 Å². The molecule has 1 saturated carbocycles. The van der Waals surface area contributed by atoms with E-state index in [9.17, 15) is 18.3 Å². The van der Waals surface area contributed by atoms with Crippen molar-refractivity contribution in [3.8, 4) is 0 Å². The first-order valence-corrected chi connectivity index (χ1v) is 6.38. The number of ether oxygens (including phenoxy) is 1. The Labute approximate surface area is 110 Å². The Hall–Kier alpha value is -1.07. The van der Waals surface area contributed by atoms with E-state index >= 15 is 0 Å². The number of rotatable bonds is 5. The van der Waals surface area contributed by atoms with Crippen LogP contribution in [0.4, 0.5) is 13.2 Å². The highest BCUT2D eigenvalue weighted by Crippen LogP contribution is 2.37. The van der Waals surface area contributed by atoms with Gasteiger partial charge in [0.25, 0.3) is 0 Å². The summed E-state index contributed by atoms with van der Waals surface area (Å²) in [5.41, 5.74) is 1.77. The number of aliphatic hydroxyl groups excluding tert-OH is 1. The molecule has 0 aliphatic heterocycles. The van der Waals surface area contributed by atoms with Gasteiger partial charge in [-0.15, -0.1) is 0 Å². The summed E-state index contributed by atoms with van der Waals surface area (Å²) in [7, 11) is 0.